The molecule has 2 aromatic heterocycles. The molecule has 0 N–H and O–H groups in total. The van der Waals surface area contributed by atoms with E-state index in [1.165, 1.54) is 0 Å². The number of benzene rings is 1. The first-order chi connectivity index (χ1) is 15.1. The maximum absolute atomic E-state index is 12.5. The van der Waals surface area contributed by atoms with Crippen molar-refractivity contribution in [3.05, 3.63) is 42.0 Å². The van der Waals surface area contributed by atoms with E-state index in [9.17, 15) is 9.59 Å². The Labute approximate surface area is 179 Å². The molecule has 0 aliphatic carbocycles. The van der Waals surface area contributed by atoms with Gasteiger partial charge in [0.15, 0.2) is 6.61 Å². The van der Waals surface area contributed by atoms with Crippen molar-refractivity contribution in [3.8, 4) is 22.7 Å². The van der Waals surface area contributed by atoms with E-state index in [2.05, 4.69) is 15.4 Å². The first kappa shape index (κ1) is 20.8. The molecule has 1 amide bonds. The van der Waals surface area contributed by atoms with Crippen LogP contribution in [0.3, 0.4) is 0 Å². The fraction of sp³-hybridized carbons (Fsp3) is 0.409. The second-order valence-corrected chi connectivity index (χ2v) is 7.47. The third kappa shape index (κ3) is 4.50. The number of hydrogen-bond acceptors (Lipinski definition) is 8. The van der Waals surface area contributed by atoms with Gasteiger partial charge in [0.2, 0.25) is 5.91 Å². The molecule has 3 aromatic rings. The number of nitrogens with zero attached hydrogens (tertiary/aromatic N) is 4. The molecule has 3 heterocycles. The van der Waals surface area contributed by atoms with Gasteiger partial charge < -0.3 is 18.6 Å². The van der Waals surface area contributed by atoms with Crippen LogP contribution in [0, 0.1) is 12.8 Å². The van der Waals surface area contributed by atoms with Crippen molar-refractivity contribution < 1.29 is 23.3 Å². The van der Waals surface area contributed by atoms with E-state index in [0.29, 0.717) is 42.9 Å². The number of esters is 1. The molecule has 9 nitrogen and oxygen atoms in total. The normalized spacial score (nSPS) is 16.3. The highest BCUT2D eigenvalue weighted by Crippen LogP contribution is 2.33. The fourth-order valence-electron chi connectivity index (χ4n) is 3.70. The van der Waals surface area contributed by atoms with E-state index in [1.54, 1.807) is 11.8 Å². The Kier molecular flexibility index (Phi) is 6.11. The highest BCUT2D eigenvalue weighted by molar-refractivity contribution is 5.79. The van der Waals surface area contributed by atoms with Crippen molar-refractivity contribution >= 4 is 11.9 Å². The first-order valence-corrected chi connectivity index (χ1v) is 10.4. The van der Waals surface area contributed by atoms with Crippen molar-refractivity contribution in [2.45, 2.75) is 39.7 Å². The summed E-state index contributed by atoms with van der Waals surface area (Å²) in [5.41, 5.74) is 2.08. The summed E-state index contributed by atoms with van der Waals surface area (Å²) < 4.78 is 16.4. The molecule has 0 spiro atoms. The summed E-state index contributed by atoms with van der Waals surface area (Å²) in [5, 5.41) is 12.2. The third-order valence-electron chi connectivity index (χ3n) is 5.34. The zero-order valence-electron chi connectivity index (χ0n) is 17.5. The lowest BCUT2D eigenvalue weighted by atomic mass is 9.98. The molecule has 1 fully saturated rings. The van der Waals surface area contributed by atoms with Crippen LogP contribution < -0.4 is 0 Å². The molecule has 0 bridgehead atoms. The van der Waals surface area contributed by atoms with Gasteiger partial charge in [-0.3, -0.25) is 9.59 Å². The largest absolute Gasteiger partial charge is 0.455 e. The van der Waals surface area contributed by atoms with Crippen molar-refractivity contribution in [1.82, 2.24) is 20.3 Å². The zero-order chi connectivity index (χ0) is 21.8. The number of aryl methyl sites for hydroxylation is 1. The highest BCUT2D eigenvalue weighted by atomic mass is 16.5. The molecular formula is C22H24N4O5. The summed E-state index contributed by atoms with van der Waals surface area (Å²) in [5.74, 6) is 0.337. The summed E-state index contributed by atoms with van der Waals surface area (Å²) in [6.45, 7) is 4.53. The minimum atomic E-state index is -0.362. The van der Waals surface area contributed by atoms with Gasteiger partial charge in [0.1, 0.15) is 17.0 Å². The van der Waals surface area contributed by atoms with E-state index in [-0.39, 0.29) is 36.2 Å². The third-order valence-corrected chi connectivity index (χ3v) is 5.34. The van der Waals surface area contributed by atoms with Gasteiger partial charge in [0.05, 0.1) is 5.92 Å². The number of carbonyl (C=O) groups is 2. The standard InChI is InChI=1S/C22H24N4O5/c1-3-18(27)26-11-7-10-16(12-26)22(28)29-13-17-23-24-21(30-17)19-14(2)31-25-20(19)15-8-5-4-6-9-15/h4-6,8-9,16H,3,7,10-13H2,1-2H3. The highest BCUT2D eigenvalue weighted by Gasteiger charge is 2.29. The SMILES string of the molecule is CCC(=O)N1CCCC(C(=O)OCc2nnc(-c3c(-c4ccccc4)noc3C)o2)C1. The van der Waals surface area contributed by atoms with Gasteiger partial charge >= 0.3 is 5.97 Å². The Bertz CT molecular complexity index is 1060. The number of likely N-dealkylation sites (tertiary alicyclic amines) is 1. The molecule has 1 saturated heterocycles. The lowest BCUT2D eigenvalue weighted by Gasteiger charge is -2.31. The molecule has 1 atom stereocenters. The number of hydrogen-bond donors (Lipinski definition) is 0. The van der Waals surface area contributed by atoms with E-state index in [1.807, 2.05) is 37.3 Å². The lowest BCUT2D eigenvalue weighted by molar-refractivity contribution is -0.153. The Balaban J connectivity index is 1.42. The molecule has 1 aliphatic rings. The molecule has 162 valence electrons. The van der Waals surface area contributed by atoms with Crippen molar-refractivity contribution in [1.29, 1.82) is 0 Å². The van der Waals surface area contributed by atoms with Gasteiger partial charge in [-0.25, -0.2) is 0 Å². The van der Waals surface area contributed by atoms with Crippen LogP contribution in [0.2, 0.25) is 0 Å². The minimum Gasteiger partial charge on any atom is -0.455 e. The van der Waals surface area contributed by atoms with Crippen LogP contribution in [0.25, 0.3) is 22.7 Å². The number of ether oxygens (including phenoxy) is 1. The Morgan fingerprint density at radius 2 is 2.03 bits per heavy atom. The van der Waals surface area contributed by atoms with Crippen LogP contribution in [0.4, 0.5) is 0 Å². The van der Waals surface area contributed by atoms with Gasteiger partial charge in [0.25, 0.3) is 11.8 Å². The van der Waals surface area contributed by atoms with Gasteiger partial charge in [-0.05, 0) is 19.8 Å². The fourth-order valence-corrected chi connectivity index (χ4v) is 3.70. The zero-order valence-corrected chi connectivity index (χ0v) is 17.5. The number of carbonyl (C=O) groups excluding carboxylic acids is 2. The lowest BCUT2D eigenvalue weighted by Crippen LogP contribution is -2.42. The van der Waals surface area contributed by atoms with Crippen LogP contribution >= 0.6 is 0 Å². The summed E-state index contributed by atoms with van der Waals surface area (Å²) in [4.78, 5) is 26.1. The summed E-state index contributed by atoms with van der Waals surface area (Å²) >= 11 is 0. The number of piperidine rings is 1. The smallest absolute Gasteiger partial charge is 0.311 e. The molecule has 0 saturated carbocycles. The van der Waals surface area contributed by atoms with Gasteiger partial charge in [-0.2, -0.15) is 0 Å². The van der Waals surface area contributed by atoms with E-state index >= 15 is 0 Å². The van der Waals surface area contributed by atoms with Crippen LogP contribution in [0.15, 0.2) is 39.3 Å². The van der Waals surface area contributed by atoms with Crippen LogP contribution in [-0.4, -0.2) is 45.2 Å². The minimum absolute atomic E-state index is 0.0531. The van der Waals surface area contributed by atoms with Gasteiger partial charge in [0, 0.05) is 25.1 Å². The predicted octanol–water partition coefficient (Wildman–Crippen LogP) is 3.39. The summed E-state index contributed by atoms with van der Waals surface area (Å²) in [6, 6.07) is 9.55. The molecule has 0 radical (unpaired) electrons. The first-order valence-electron chi connectivity index (χ1n) is 10.4. The van der Waals surface area contributed by atoms with E-state index in [0.717, 1.165) is 12.0 Å². The van der Waals surface area contributed by atoms with Crippen LogP contribution in [-0.2, 0) is 20.9 Å². The number of amides is 1. The maximum atomic E-state index is 12.5. The molecule has 1 unspecified atom stereocenters. The van der Waals surface area contributed by atoms with Gasteiger partial charge in [-0.15, -0.1) is 10.2 Å². The molecular weight excluding hydrogens is 400 g/mol. The number of aromatic nitrogens is 3. The Morgan fingerprint density at radius 3 is 2.81 bits per heavy atom. The van der Waals surface area contributed by atoms with E-state index < -0.39 is 0 Å². The average molecular weight is 424 g/mol. The Hall–Kier alpha value is -3.49. The van der Waals surface area contributed by atoms with Crippen molar-refractivity contribution in [2.24, 2.45) is 5.92 Å². The monoisotopic (exact) mass is 424 g/mol. The molecule has 1 aromatic carbocycles. The molecule has 9 heteroatoms. The van der Waals surface area contributed by atoms with Crippen LogP contribution in [0.5, 0.6) is 0 Å². The second kappa shape index (κ2) is 9.11. The molecule has 4 rings (SSSR count). The predicted molar refractivity (Wildman–Crippen MR) is 109 cm³/mol. The summed E-state index contributed by atoms with van der Waals surface area (Å²) in [6.07, 6.45) is 1.91. The average Bonchev–Trinajstić information content (AvgIpc) is 3.43. The van der Waals surface area contributed by atoms with Crippen molar-refractivity contribution in [2.75, 3.05) is 13.1 Å². The molecule has 1 aliphatic heterocycles. The molecule has 31 heavy (non-hydrogen) atoms. The van der Waals surface area contributed by atoms with Crippen LogP contribution in [0.1, 0.15) is 37.8 Å². The topological polar surface area (TPSA) is 112 Å². The summed E-state index contributed by atoms with van der Waals surface area (Å²) in [7, 11) is 0. The maximum Gasteiger partial charge on any atom is 0.311 e. The van der Waals surface area contributed by atoms with E-state index in [4.69, 9.17) is 13.7 Å². The number of rotatable bonds is 6. The van der Waals surface area contributed by atoms with Crippen molar-refractivity contribution in [3.63, 3.8) is 0 Å². The van der Waals surface area contributed by atoms with Gasteiger partial charge in [-0.1, -0.05) is 42.4 Å². The quantitative estimate of drug-likeness (QED) is 0.554. The Morgan fingerprint density at radius 1 is 1.23 bits per heavy atom. The second-order valence-electron chi connectivity index (χ2n) is 7.47.